The second-order valence-corrected chi connectivity index (χ2v) is 5.37. The van der Waals surface area contributed by atoms with Gasteiger partial charge in [-0.2, -0.15) is 0 Å². The highest BCUT2D eigenvalue weighted by Crippen LogP contribution is 2.29. The van der Waals surface area contributed by atoms with Crippen molar-refractivity contribution < 1.29 is 19.5 Å². The fourth-order valence-corrected chi connectivity index (χ4v) is 2.32. The van der Waals surface area contributed by atoms with Gasteiger partial charge in [0.1, 0.15) is 0 Å². The van der Waals surface area contributed by atoms with Crippen molar-refractivity contribution in [1.82, 2.24) is 9.80 Å². The Morgan fingerprint density at radius 3 is 1.89 bits per heavy atom. The van der Waals surface area contributed by atoms with Gasteiger partial charge in [-0.15, -0.1) is 0 Å². The van der Waals surface area contributed by atoms with Gasteiger partial charge in [-0.1, -0.05) is 0 Å². The monoisotopic (exact) mass is 270 g/mol. The molecule has 6 heteroatoms. The number of rotatable bonds is 4. The molecule has 0 spiro atoms. The van der Waals surface area contributed by atoms with E-state index in [-0.39, 0.29) is 30.2 Å². The summed E-state index contributed by atoms with van der Waals surface area (Å²) < 4.78 is 0. The van der Waals surface area contributed by atoms with E-state index < -0.39 is 5.97 Å². The van der Waals surface area contributed by atoms with Crippen molar-refractivity contribution in [3.8, 4) is 0 Å². The van der Waals surface area contributed by atoms with Crippen LogP contribution in [0.4, 0.5) is 0 Å². The highest BCUT2D eigenvalue weighted by molar-refractivity contribution is 5.85. The van der Waals surface area contributed by atoms with Gasteiger partial charge in [-0.05, 0) is 25.7 Å². The molecular weight excluding hydrogens is 248 g/mol. The van der Waals surface area contributed by atoms with Gasteiger partial charge < -0.3 is 14.9 Å². The first-order valence-electron chi connectivity index (χ1n) is 6.50. The van der Waals surface area contributed by atoms with E-state index in [0.717, 1.165) is 0 Å². The number of amides is 2. The smallest absolute Gasteiger partial charge is 0.306 e. The first-order chi connectivity index (χ1) is 8.82. The molecule has 19 heavy (non-hydrogen) atoms. The zero-order valence-corrected chi connectivity index (χ0v) is 11.8. The number of carboxylic acids is 1. The van der Waals surface area contributed by atoms with Crippen molar-refractivity contribution in [2.75, 3.05) is 27.7 Å². The number of hydrogen-bond acceptors (Lipinski definition) is 3. The van der Waals surface area contributed by atoms with E-state index in [4.69, 9.17) is 5.11 Å². The zero-order chi connectivity index (χ0) is 14.6. The SMILES string of the molecule is CN(C)C(=O)CN(C)C(=O)C1CCC(C(=O)O)CC1. The summed E-state index contributed by atoms with van der Waals surface area (Å²) in [7, 11) is 4.92. The number of hydrogen-bond donors (Lipinski definition) is 1. The minimum atomic E-state index is -0.776. The summed E-state index contributed by atoms with van der Waals surface area (Å²) in [5.41, 5.74) is 0. The average Bonchev–Trinajstić information content (AvgIpc) is 2.37. The van der Waals surface area contributed by atoms with E-state index in [1.54, 1.807) is 21.1 Å². The maximum atomic E-state index is 12.1. The lowest BCUT2D eigenvalue weighted by Crippen LogP contribution is -2.41. The molecule has 0 unspecified atom stereocenters. The number of carboxylic acid groups (broad SMARTS) is 1. The fourth-order valence-electron chi connectivity index (χ4n) is 2.32. The largest absolute Gasteiger partial charge is 0.481 e. The summed E-state index contributed by atoms with van der Waals surface area (Å²) in [6.07, 6.45) is 2.27. The molecule has 0 bridgehead atoms. The Labute approximate surface area is 113 Å². The molecule has 2 amide bonds. The first kappa shape index (κ1) is 15.5. The van der Waals surface area contributed by atoms with Crippen LogP contribution in [-0.2, 0) is 14.4 Å². The predicted molar refractivity (Wildman–Crippen MR) is 69.4 cm³/mol. The molecule has 108 valence electrons. The number of aliphatic carboxylic acids is 1. The normalized spacial score (nSPS) is 22.7. The Morgan fingerprint density at radius 2 is 1.47 bits per heavy atom. The lowest BCUT2D eigenvalue weighted by Gasteiger charge is -2.29. The van der Waals surface area contributed by atoms with E-state index in [1.165, 1.54) is 9.80 Å². The molecule has 0 atom stereocenters. The first-order valence-corrected chi connectivity index (χ1v) is 6.50. The molecule has 0 saturated heterocycles. The lowest BCUT2D eigenvalue weighted by atomic mass is 9.81. The van der Waals surface area contributed by atoms with Crippen LogP contribution in [0.25, 0.3) is 0 Å². The molecule has 0 aromatic heterocycles. The van der Waals surface area contributed by atoms with Gasteiger partial charge in [0, 0.05) is 27.1 Å². The topological polar surface area (TPSA) is 77.9 Å². The van der Waals surface area contributed by atoms with Gasteiger partial charge >= 0.3 is 5.97 Å². The summed E-state index contributed by atoms with van der Waals surface area (Å²) in [6, 6.07) is 0. The van der Waals surface area contributed by atoms with Crippen molar-refractivity contribution in [3.05, 3.63) is 0 Å². The summed E-state index contributed by atoms with van der Waals surface area (Å²) in [4.78, 5) is 37.4. The van der Waals surface area contributed by atoms with Gasteiger partial charge in [0.05, 0.1) is 12.5 Å². The second kappa shape index (κ2) is 6.54. The molecule has 1 saturated carbocycles. The van der Waals surface area contributed by atoms with Crippen molar-refractivity contribution in [3.63, 3.8) is 0 Å². The third-order valence-electron chi connectivity index (χ3n) is 3.67. The van der Waals surface area contributed by atoms with Crippen LogP contribution < -0.4 is 0 Å². The summed E-state index contributed by atoms with van der Waals surface area (Å²) in [6.45, 7) is 0.0741. The third-order valence-corrected chi connectivity index (χ3v) is 3.67. The molecule has 6 nitrogen and oxygen atoms in total. The number of carbonyl (C=O) groups excluding carboxylic acids is 2. The molecule has 0 radical (unpaired) electrons. The Bertz CT molecular complexity index is 360. The third kappa shape index (κ3) is 4.22. The molecule has 0 aliphatic heterocycles. The number of likely N-dealkylation sites (N-methyl/N-ethyl adjacent to an activating group) is 2. The fraction of sp³-hybridized carbons (Fsp3) is 0.769. The molecule has 0 aromatic carbocycles. The van der Waals surface area contributed by atoms with E-state index in [0.29, 0.717) is 25.7 Å². The van der Waals surface area contributed by atoms with Gasteiger partial charge in [0.2, 0.25) is 11.8 Å². The van der Waals surface area contributed by atoms with E-state index in [9.17, 15) is 14.4 Å². The van der Waals surface area contributed by atoms with Crippen molar-refractivity contribution in [2.24, 2.45) is 11.8 Å². The van der Waals surface area contributed by atoms with Gasteiger partial charge in [-0.25, -0.2) is 0 Å². The Hall–Kier alpha value is -1.59. The average molecular weight is 270 g/mol. The lowest BCUT2D eigenvalue weighted by molar-refractivity contribution is -0.146. The number of nitrogens with zero attached hydrogens (tertiary/aromatic N) is 2. The van der Waals surface area contributed by atoms with Crippen molar-refractivity contribution >= 4 is 17.8 Å². The molecule has 0 aromatic rings. The highest BCUT2D eigenvalue weighted by Gasteiger charge is 2.31. The summed E-state index contributed by atoms with van der Waals surface area (Å²) >= 11 is 0. The van der Waals surface area contributed by atoms with Crippen LogP contribution in [0.15, 0.2) is 0 Å². The van der Waals surface area contributed by atoms with Crippen LogP contribution in [0.2, 0.25) is 0 Å². The van der Waals surface area contributed by atoms with Gasteiger partial charge in [0.25, 0.3) is 0 Å². The van der Waals surface area contributed by atoms with Gasteiger partial charge in [0.15, 0.2) is 0 Å². The zero-order valence-electron chi connectivity index (χ0n) is 11.8. The Kier molecular flexibility index (Phi) is 5.32. The minimum absolute atomic E-state index is 0.0564. The summed E-state index contributed by atoms with van der Waals surface area (Å²) in [5, 5.41) is 8.91. The van der Waals surface area contributed by atoms with Crippen LogP contribution in [0, 0.1) is 11.8 Å². The van der Waals surface area contributed by atoms with Crippen LogP contribution in [0.5, 0.6) is 0 Å². The minimum Gasteiger partial charge on any atom is -0.481 e. The molecule has 1 rings (SSSR count). The molecule has 1 fully saturated rings. The van der Waals surface area contributed by atoms with Crippen molar-refractivity contribution in [1.29, 1.82) is 0 Å². The van der Waals surface area contributed by atoms with E-state index in [1.807, 2.05) is 0 Å². The predicted octanol–water partition coefficient (Wildman–Crippen LogP) is 0.424. The molecule has 1 N–H and O–H groups in total. The second-order valence-electron chi connectivity index (χ2n) is 5.37. The van der Waals surface area contributed by atoms with E-state index in [2.05, 4.69) is 0 Å². The quantitative estimate of drug-likeness (QED) is 0.803. The van der Waals surface area contributed by atoms with Gasteiger partial charge in [-0.3, -0.25) is 14.4 Å². The van der Waals surface area contributed by atoms with Crippen LogP contribution >= 0.6 is 0 Å². The standard InChI is InChI=1S/C13H22N2O4/c1-14(2)11(16)8-15(3)12(17)9-4-6-10(7-5-9)13(18)19/h9-10H,4-8H2,1-3H3,(H,18,19). The highest BCUT2D eigenvalue weighted by atomic mass is 16.4. The maximum Gasteiger partial charge on any atom is 0.306 e. The Morgan fingerprint density at radius 1 is 1.00 bits per heavy atom. The maximum absolute atomic E-state index is 12.1. The molecule has 1 aliphatic carbocycles. The van der Waals surface area contributed by atoms with Crippen LogP contribution in [0.3, 0.4) is 0 Å². The Balaban J connectivity index is 2.46. The van der Waals surface area contributed by atoms with Crippen LogP contribution in [0.1, 0.15) is 25.7 Å². The molecule has 1 aliphatic rings. The van der Waals surface area contributed by atoms with Crippen molar-refractivity contribution in [2.45, 2.75) is 25.7 Å². The van der Waals surface area contributed by atoms with Crippen LogP contribution in [-0.4, -0.2) is 60.4 Å². The van der Waals surface area contributed by atoms with E-state index >= 15 is 0 Å². The molecule has 0 heterocycles. The summed E-state index contributed by atoms with van der Waals surface area (Å²) in [5.74, 6) is -1.41. The molecular formula is C13H22N2O4. The number of carbonyl (C=O) groups is 3.